The Morgan fingerprint density at radius 1 is 0.615 bits per heavy atom. The molecule has 0 saturated heterocycles. The van der Waals surface area contributed by atoms with Crippen LogP contribution >= 0.6 is 0 Å². The SMILES string of the molecule is CCCCCCCCCCCCCCN(CCCCC)C(=O)c1ccccc1-c1c2ccc(=[N+](CC)CC)cc-2oc2cc(N(CC)CC)ccc12. The predicted molar refractivity (Wildman–Crippen MR) is 225 cm³/mol. The van der Waals surface area contributed by atoms with Gasteiger partial charge in [-0.25, -0.2) is 4.58 Å². The first-order valence-corrected chi connectivity index (χ1v) is 21.2. The normalized spacial score (nSPS) is 11.4. The van der Waals surface area contributed by atoms with Gasteiger partial charge in [0, 0.05) is 66.1 Å². The lowest BCUT2D eigenvalue weighted by atomic mass is 9.90. The Bertz CT molecular complexity index is 1680. The van der Waals surface area contributed by atoms with Crippen LogP contribution in [-0.2, 0) is 0 Å². The highest BCUT2D eigenvalue weighted by Crippen LogP contribution is 2.42. The molecule has 2 aromatic rings. The lowest BCUT2D eigenvalue weighted by molar-refractivity contribution is 0.0750. The summed E-state index contributed by atoms with van der Waals surface area (Å²) in [5, 5.41) is 2.19. The first-order valence-electron chi connectivity index (χ1n) is 21.2. The van der Waals surface area contributed by atoms with E-state index in [1.807, 2.05) is 12.1 Å². The molecule has 0 aromatic heterocycles. The first kappa shape index (κ1) is 41.2. The van der Waals surface area contributed by atoms with Crippen LogP contribution in [0.1, 0.15) is 148 Å². The number of unbranched alkanes of at least 4 members (excludes halogenated alkanes) is 13. The standard InChI is InChI=1S/C47H70N3O2/c1-7-13-15-16-17-18-19-20-21-22-23-27-35-50(34-26-14-8-2)47(51)41-29-25-24-28-40(41)46-42-32-30-38(48(9-3)10-4)36-44(42)52-45-37-39(31-33-43(45)46)49(11-5)12-6/h24-25,28-33,36-37H,7-23,26-27,34-35H2,1-6H3/q+1. The minimum absolute atomic E-state index is 0.149. The average Bonchev–Trinajstić information content (AvgIpc) is 3.17. The Balaban J connectivity index is 1.63. The molecule has 2 aromatic carbocycles. The molecule has 1 aliphatic carbocycles. The lowest BCUT2D eigenvalue weighted by Gasteiger charge is -2.25. The summed E-state index contributed by atoms with van der Waals surface area (Å²) in [6.07, 6.45) is 19.2. The van der Waals surface area contributed by atoms with Crippen LogP contribution < -0.4 is 14.8 Å². The summed E-state index contributed by atoms with van der Waals surface area (Å²) in [6, 6.07) is 21.5. The van der Waals surface area contributed by atoms with E-state index in [9.17, 15) is 4.79 Å². The van der Waals surface area contributed by atoms with Gasteiger partial charge in [0.1, 0.15) is 24.4 Å². The summed E-state index contributed by atoms with van der Waals surface area (Å²) < 4.78 is 9.11. The molecule has 1 amide bonds. The minimum Gasteiger partial charge on any atom is -0.456 e. The average molecular weight is 709 g/mol. The van der Waals surface area contributed by atoms with Gasteiger partial charge < -0.3 is 14.2 Å². The zero-order chi connectivity index (χ0) is 37.1. The van der Waals surface area contributed by atoms with E-state index in [1.165, 1.54) is 70.6 Å². The van der Waals surface area contributed by atoms with E-state index in [0.29, 0.717) is 0 Å². The summed E-state index contributed by atoms with van der Waals surface area (Å²) in [5.41, 5.74) is 5.89. The summed E-state index contributed by atoms with van der Waals surface area (Å²) in [6.45, 7) is 18.6. The Morgan fingerprint density at radius 2 is 1.19 bits per heavy atom. The summed E-state index contributed by atoms with van der Waals surface area (Å²) in [5.74, 6) is 0.999. The molecule has 0 N–H and O–H groups in total. The minimum atomic E-state index is 0.149. The molecule has 4 rings (SSSR count). The third-order valence-corrected chi connectivity index (χ3v) is 11.0. The van der Waals surface area contributed by atoms with Gasteiger partial charge in [-0.3, -0.25) is 4.79 Å². The van der Waals surface area contributed by atoms with Crippen molar-refractivity contribution in [3.63, 3.8) is 0 Å². The lowest BCUT2D eigenvalue weighted by Crippen LogP contribution is -2.33. The van der Waals surface area contributed by atoms with E-state index in [1.54, 1.807) is 0 Å². The van der Waals surface area contributed by atoms with Crippen molar-refractivity contribution < 1.29 is 9.21 Å². The second kappa shape index (κ2) is 22.5. The molecule has 0 saturated carbocycles. The Morgan fingerprint density at radius 3 is 1.81 bits per heavy atom. The molecule has 2 aliphatic rings. The van der Waals surface area contributed by atoms with Crippen molar-refractivity contribution in [2.45, 2.75) is 138 Å². The van der Waals surface area contributed by atoms with Crippen molar-refractivity contribution in [3.05, 3.63) is 71.6 Å². The van der Waals surface area contributed by atoms with Crippen molar-refractivity contribution in [1.29, 1.82) is 0 Å². The fraction of sp³-hybridized carbons (Fsp3) is 0.574. The van der Waals surface area contributed by atoms with Crippen LogP contribution in [0, 0.1) is 0 Å². The maximum Gasteiger partial charge on any atom is 0.254 e. The molecule has 5 heteroatoms. The Labute approximate surface area is 316 Å². The van der Waals surface area contributed by atoms with Crippen LogP contribution in [0.3, 0.4) is 0 Å². The molecule has 0 bridgehead atoms. The number of benzene rings is 3. The summed E-state index contributed by atoms with van der Waals surface area (Å²) >= 11 is 0. The maximum absolute atomic E-state index is 14.7. The number of fused-ring (bicyclic) bond motifs is 2. The molecule has 0 radical (unpaired) electrons. The van der Waals surface area contributed by atoms with E-state index in [-0.39, 0.29) is 5.91 Å². The number of nitrogens with zero attached hydrogens (tertiary/aromatic N) is 3. The molecular formula is C47H70N3O2+. The monoisotopic (exact) mass is 709 g/mol. The van der Waals surface area contributed by atoms with Crippen LogP contribution in [0.15, 0.2) is 65.1 Å². The molecule has 1 heterocycles. The quantitative estimate of drug-likeness (QED) is 0.0413. The zero-order valence-electron chi connectivity index (χ0n) is 33.8. The third-order valence-electron chi connectivity index (χ3n) is 11.0. The van der Waals surface area contributed by atoms with Gasteiger partial charge in [0.15, 0.2) is 0 Å². The van der Waals surface area contributed by atoms with E-state index < -0.39 is 0 Å². The van der Waals surface area contributed by atoms with E-state index in [0.717, 1.165) is 115 Å². The largest absolute Gasteiger partial charge is 0.456 e. The second-order valence-corrected chi connectivity index (χ2v) is 14.6. The van der Waals surface area contributed by atoms with Crippen molar-refractivity contribution in [2.24, 2.45) is 0 Å². The second-order valence-electron chi connectivity index (χ2n) is 14.6. The van der Waals surface area contributed by atoms with Gasteiger partial charge in [-0.1, -0.05) is 116 Å². The van der Waals surface area contributed by atoms with Crippen molar-refractivity contribution in [3.8, 4) is 22.5 Å². The van der Waals surface area contributed by atoms with Gasteiger partial charge in [-0.15, -0.1) is 0 Å². The molecule has 0 atom stereocenters. The molecule has 0 fully saturated rings. The number of amides is 1. The van der Waals surface area contributed by atoms with E-state index in [2.05, 4.69) is 104 Å². The van der Waals surface area contributed by atoms with Gasteiger partial charge in [-0.2, -0.15) is 0 Å². The molecular weight excluding hydrogens is 639 g/mol. The van der Waals surface area contributed by atoms with E-state index >= 15 is 0 Å². The fourth-order valence-electron chi connectivity index (χ4n) is 7.80. The molecule has 0 spiro atoms. The number of carbonyl (C=O) groups is 1. The number of anilines is 1. The fourth-order valence-corrected chi connectivity index (χ4v) is 7.80. The van der Waals surface area contributed by atoms with Gasteiger partial charge in [0.05, 0.1) is 6.07 Å². The van der Waals surface area contributed by atoms with Gasteiger partial charge in [0.25, 0.3) is 5.91 Å². The molecule has 5 nitrogen and oxygen atoms in total. The van der Waals surface area contributed by atoms with Crippen LogP contribution in [-0.4, -0.2) is 50.1 Å². The smallest absolute Gasteiger partial charge is 0.254 e. The zero-order valence-corrected chi connectivity index (χ0v) is 33.8. The number of carbonyl (C=O) groups excluding carboxylic acids is 1. The Kier molecular flexibility index (Phi) is 17.8. The topological polar surface area (TPSA) is 39.7 Å². The maximum atomic E-state index is 14.7. The first-order chi connectivity index (χ1) is 25.5. The van der Waals surface area contributed by atoms with Gasteiger partial charge >= 0.3 is 0 Å². The highest BCUT2D eigenvalue weighted by Gasteiger charge is 2.25. The van der Waals surface area contributed by atoms with Gasteiger partial charge in [-0.05, 0) is 70.4 Å². The van der Waals surface area contributed by atoms with Crippen LogP contribution in [0.5, 0.6) is 0 Å². The molecule has 284 valence electrons. The number of rotatable bonds is 24. The van der Waals surface area contributed by atoms with Crippen LogP contribution in [0.2, 0.25) is 0 Å². The highest BCUT2D eigenvalue weighted by molar-refractivity contribution is 6.09. The summed E-state index contributed by atoms with van der Waals surface area (Å²) in [4.78, 5) is 19.2. The number of hydrogen-bond donors (Lipinski definition) is 0. The highest BCUT2D eigenvalue weighted by atomic mass is 16.3. The molecule has 52 heavy (non-hydrogen) atoms. The van der Waals surface area contributed by atoms with Crippen LogP contribution in [0.25, 0.3) is 33.4 Å². The van der Waals surface area contributed by atoms with Crippen molar-refractivity contribution >= 4 is 22.6 Å². The van der Waals surface area contributed by atoms with E-state index in [4.69, 9.17) is 4.42 Å². The molecule has 1 aliphatic heterocycles. The molecule has 0 unspecified atom stereocenters. The third kappa shape index (κ3) is 11.2. The van der Waals surface area contributed by atoms with Gasteiger partial charge in [0.2, 0.25) is 5.36 Å². The summed E-state index contributed by atoms with van der Waals surface area (Å²) in [7, 11) is 0. The van der Waals surface area contributed by atoms with Crippen LogP contribution in [0.4, 0.5) is 5.69 Å². The van der Waals surface area contributed by atoms with Crippen molar-refractivity contribution in [1.82, 2.24) is 9.48 Å². The predicted octanol–water partition coefficient (Wildman–Crippen LogP) is 12.2. The number of hydrogen-bond acceptors (Lipinski definition) is 3. The Hall–Kier alpha value is -3.60. The van der Waals surface area contributed by atoms with Crippen molar-refractivity contribution in [2.75, 3.05) is 44.2 Å².